The van der Waals surface area contributed by atoms with Gasteiger partial charge in [-0.3, -0.25) is 9.59 Å². The highest BCUT2D eigenvalue weighted by atomic mass is 16.5. The number of para-hydroxylation sites is 1. The van der Waals surface area contributed by atoms with Crippen LogP contribution >= 0.6 is 0 Å². The quantitative estimate of drug-likeness (QED) is 0.651. The summed E-state index contributed by atoms with van der Waals surface area (Å²) in [6.45, 7) is 8.00. The summed E-state index contributed by atoms with van der Waals surface area (Å²) < 4.78 is 6.21. The van der Waals surface area contributed by atoms with Crippen LogP contribution in [0.25, 0.3) is 0 Å². The van der Waals surface area contributed by atoms with Gasteiger partial charge in [-0.1, -0.05) is 42.0 Å². The minimum atomic E-state index is -0.806. The van der Waals surface area contributed by atoms with Gasteiger partial charge < -0.3 is 15.0 Å². The van der Waals surface area contributed by atoms with Crippen LogP contribution in [0.2, 0.25) is 0 Å². The number of rotatable bonds is 4. The zero-order valence-corrected chi connectivity index (χ0v) is 16.1. The van der Waals surface area contributed by atoms with Crippen LogP contribution in [-0.2, 0) is 9.59 Å². The van der Waals surface area contributed by atoms with E-state index in [-0.39, 0.29) is 17.7 Å². The van der Waals surface area contributed by atoms with Crippen molar-refractivity contribution >= 4 is 17.5 Å². The number of nitrogens with one attached hydrogen (secondary N) is 1. The van der Waals surface area contributed by atoms with Crippen molar-refractivity contribution in [2.75, 3.05) is 11.9 Å². The number of carbonyl (C=O) groups is 2. The molecule has 4 rings (SSSR count). The van der Waals surface area contributed by atoms with Gasteiger partial charge in [-0.2, -0.15) is 0 Å². The van der Waals surface area contributed by atoms with Crippen molar-refractivity contribution in [3.8, 4) is 5.75 Å². The van der Waals surface area contributed by atoms with E-state index in [9.17, 15) is 9.59 Å². The van der Waals surface area contributed by atoms with Crippen LogP contribution in [0.15, 0.2) is 61.2 Å². The number of hydrogen-bond donors (Lipinski definition) is 1. The monoisotopic (exact) mass is 376 g/mol. The maximum Gasteiger partial charge on any atom is 0.239 e. The molecule has 3 atom stereocenters. The molecular weight excluding hydrogens is 352 g/mol. The second kappa shape index (κ2) is 6.82. The van der Waals surface area contributed by atoms with Crippen LogP contribution < -0.4 is 10.1 Å². The molecule has 1 fully saturated rings. The molecule has 2 aromatic carbocycles. The van der Waals surface area contributed by atoms with Crippen LogP contribution in [0.4, 0.5) is 5.69 Å². The predicted octanol–water partition coefficient (Wildman–Crippen LogP) is 3.86. The number of hydrogen-bond acceptors (Lipinski definition) is 3. The summed E-state index contributed by atoms with van der Waals surface area (Å²) in [5.41, 5.74) is 1.92. The lowest BCUT2D eigenvalue weighted by Gasteiger charge is -2.52. The Balaban J connectivity index is 1.73. The van der Waals surface area contributed by atoms with Crippen LogP contribution in [0.1, 0.15) is 30.4 Å². The molecule has 5 heteroatoms. The molecule has 0 spiro atoms. The molecule has 2 heterocycles. The molecule has 1 unspecified atom stereocenters. The van der Waals surface area contributed by atoms with Crippen LogP contribution in [-0.4, -0.2) is 29.0 Å². The maximum atomic E-state index is 13.4. The molecule has 0 aliphatic carbocycles. The first kappa shape index (κ1) is 18.3. The molecule has 2 amide bonds. The number of benzene rings is 2. The third-order valence-corrected chi connectivity index (χ3v) is 5.67. The van der Waals surface area contributed by atoms with Gasteiger partial charge in [-0.25, -0.2) is 0 Å². The van der Waals surface area contributed by atoms with Gasteiger partial charge in [0, 0.05) is 24.6 Å². The summed E-state index contributed by atoms with van der Waals surface area (Å²) in [6.07, 6.45) is 2.23. The van der Waals surface area contributed by atoms with Crippen molar-refractivity contribution in [3.05, 3.63) is 72.3 Å². The van der Waals surface area contributed by atoms with E-state index in [2.05, 4.69) is 11.9 Å². The summed E-state index contributed by atoms with van der Waals surface area (Å²) >= 11 is 0. The number of amides is 2. The zero-order valence-electron chi connectivity index (χ0n) is 16.1. The van der Waals surface area contributed by atoms with Crippen molar-refractivity contribution in [1.29, 1.82) is 0 Å². The Morgan fingerprint density at radius 2 is 2.00 bits per heavy atom. The van der Waals surface area contributed by atoms with Gasteiger partial charge in [-0.05, 0) is 37.6 Å². The second-order valence-corrected chi connectivity index (χ2v) is 7.70. The maximum absolute atomic E-state index is 13.4. The van der Waals surface area contributed by atoms with Gasteiger partial charge in [0.25, 0.3) is 0 Å². The number of anilines is 1. The minimum absolute atomic E-state index is 0.224. The predicted molar refractivity (Wildman–Crippen MR) is 108 cm³/mol. The molecule has 0 radical (unpaired) electrons. The topological polar surface area (TPSA) is 58.6 Å². The summed E-state index contributed by atoms with van der Waals surface area (Å²) in [4.78, 5) is 28.2. The molecule has 0 aromatic heterocycles. The van der Waals surface area contributed by atoms with E-state index in [0.717, 1.165) is 16.9 Å². The van der Waals surface area contributed by atoms with E-state index in [0.29, 0.717) is 18.7 Å². The van der Waals surface area contributed by atoms with Crippen molar-refractivity contribution in [2.24, 2.45) is 5.92 Å². The summed E-state index contributed by atoms with van der Waals surface area (Å²) in [5.74, 6) is -0.811. The van der Waals surface area contributed by atoms with E-state index in [1.54, 1.807) is 11.0 Å². The number of likely N-dealkylation sites (tertiary alicyclic amines) is 1. The Bertz CT molecular complexity index is 937. The Labute approximate surface area is 165 Å². The van der Waals surface area contributed by atoms with Crippen LogP contribution in [0, 0.1) is 12.8 Å². The molecule has 5 nitrogen and oxygen atoms in total. The van der Waals surface area contributed by atoms with Crippen molar-refractivity contribution in [1.82, 2.24) is 4.90 Å². The smallest absolute Gasteiger partial charge is 0.239 e. The fourth-order valence-corrected chi connectivity index (χ4v) is 4.28. The molecule has 144 valence electrons. The standard InChI is InChI=1S/C23H24N2O3/c1-4-13-25-22(27)20(21(26)24-16-11-9-15(2)10-12-16)18-14-23(25,3)28-19-8-6-5-7-17(18)19/h4-12,18,20H,1,13-14H2,2-3H3,(H,24,26)/t18-,20?,23+/m0/s1. The van der Waals surface area contributed by atoms with E-state index >= 15 is 0 Å². The molecule has 1 N–H and O–H groups in total. The first-order valence-electron chi connectivity index (χ1n) is 9.51. The Morgan fingerprint density at radius 3 is 2.71 bits per heavy atom. The van der Waals surface area contributed by atoms with Gasteiger partial charge in [0.05, 0.1) is 0 Å². The SMILES string of the molecule is C=CCN1C(=O)C(C(=O)Nc2ccc(C)cc2)[C@H]2C[C@@]1(C)Oc1ccccc12. The van der Waals surface area contributed by atoms with Crippen LogP contribution in [0.5, 0.6) is 5.75 Å². The molecular formula is C23H24N2O3. The van der Waals surface area contributed by atoms with E-state index < -0.39 is 11.6 Å². The average Bonchev–Trinajstić information content (AvgIpc) is 2.67. The molecule has 2 bridgehead atoms. The summed E-state index contributed by atoms with van der Waals surface area (Å²) in [5, 5.41) is 2.93. The number of aryl methyl sites for hydroxylation is 1. The van der Waals surface area contributed by atoms with Gasteiger partial charge >= 0.3 is 0 Å². The Kier molecular flexibility index (Phi) is 4.46. The minimum Gasteiger partial charge on any atom is -0.468 e. The largest absolute Gasteiger partial charge is 0.468 e. The van der Waals surface area contributed by atoms with Crippen LogP contribution in [0.3, 0.4) is 0 Å². The number of ether oxygens (including phenoxy) is 1. The molecule has 2 aliphatic rings. The fourth-order valence-electron chi connectivity index (χ4n) is 4.28. The number of fused-ring (bicyclic) bond motifs is 4. The highest BCUT2D eigenvalue weighted by molar-refractivity contribution is 6.08. The third-order valence-electron chi connectivity index (χ3n) is 5.67. The third kappa shape index (κ3) is 2.97. The van der Waals surface area contributed by atoms with Gasteiger partial charge in [-0.15, -0.1) is 6.58 Å². The molecule has 2 aliphatic heterocycles. The van der Waals surface area contributed by atoms with Gasteiger partial charge in [0.1, 0.15) is 11.7 Å². The number of carbonyl (C=O) groups excluding carboxylic acids is 2. The Hall–Kier alpha value is -3.08. The first-order valence-corrected chi connectivity index (χ1v) is 9.51. The van der Waals surface area contributed by atoms with E-state index in [4.69, 9.17) is 4.74 Å². The van der Waals surface area contributed by atoms with Crippen molar-refractivity contribution in [2.45, 2.75) is 31.9 Å². The second-order valence-electron chi connectivity index (χ2n) is 7.70. The van der Waals surface area contributed by atoms with Gasteiger partial charge in [0.15, 0.2) is 5.72 Å². The first-order chi connectivity index (χ1) is 13.4. The lowest BCUT2D eigenvalue weighted by molar-refractivity contribution is -0.173. The normalized spacial score (nSPS) is 25.5. The average molecular weight is 376 g/mol. The number of nitrogens with zero attached hydrogens (tertiary/aromatic N) is 1. The fraction of sp³-hybridized carbons (Fsp3) is 0.304. The lowest BCUT2D eigenvalue weighted by atomic mass is 9.73. The molecule has 28 heavy (non-hydrogen) atoms. The highest BCUT2D eigenvalue weighted by Crippen LogP contribution is 2.50. The molecule has 1 saturated heterocycles. The summed E-state index contributed by atoms with van der Waals surface area (Å²) in [7, 11) is 0. The Morgan fingerprint density at radius 1 is 1.29 bits per heavy atom. The zero-order chi connectivity index (χ0) is 19.9. The van der Waals surface area contributed by atoms with E-state index in [1.807, 2.05) is 62.4 Å². The van der Waals surface area contributed by atoms with Crippen molar-refractivity contribution in [3.63, 3.8) is 0 Å². The number of piperidine rings is 1. The summed E-state index contributed by atoms with van der Waals surface area (Å²) in [6, 6.07) is 15.2. The molecule has 0 saturated carbocycles. The lowest BCUT2D eigenvalue weighted by Crippen LogP contribution is -2.64. The van der Waals surface area contributed by atoms with Crippen molar-refractivity contribution < 1.29 is 14.3 Å². The van der Waals surface area contributed by atoms with Gasteiger partial charge in [0.2, 0.25) is 11.8 Å². The van der Waals surface area contributed by atoms with E-state index in [1.165, 1.54) is 0 Å². The molecule has 2 aromatic rings. The highest BCUT2D eigenvalue weighted by Gasteiger charge is 2.55.